The molecule has 9 heteroatoms. The van der Waals surface area contributed by atoms with Gasteiger partial charge in [0.25, 0.3) is 5.91 Å². The highest BCUT2D eigenvalue weighted by molar-refractivity contribution is 7.90. The van der Waals surface area contributed by atoms with Crippen molar-refractivity contribution in [3.05, 3.63) is 95.1 Å². The second-order valence-corrected chi connectivity index (χ2v) is 12.4. The Morgan fingerprint density at radius 2 is 1.56 bits per heavy atom. The summed E-state index contributed by atoms with van der Waals surface area (Å²) < 4.78 is 51.3. The molecule has 1 aliphatic heterocycles. The summed E-state index contributed by atoms with van der Waals surface area (Å²) in [5.74, 6) is -0.416. The van der Waals surface area contributed by atoms with Gasteiger partial charge in [0.05, 0.1) is 15.8 Å². The summed E-state index contributed by atoms with van der Waals surface area (Å²) >= 11 is 0. The van der Waals surface area contributed by atoms with Gasteiger partial charge in [0, 0.05) is 24.9 Å². The fourth-order valence-electron chi connectivity index (χ4n) is 3.99. The molecular weight excluding hydrogens is 472 g/mol. The van der Waals surface area contributed by atoms with Gasteiger partial charge in [-0.3, -0.25) is 4.79 Å². The lowest BCUT2D eigenvalue weighted by Gasteiger charge is -2.28. The number of hydrogen-bond acceptors (Lipinski definition) is 5. The van der Waals surface area contributed by atoms with E-state index in [1.54, 1.807) is 31.2 Å². The van der Waals surface area contributed by atoms with E-state index >= 15 is 0 Å². The van der Waals surface area contributed by atoms with E-state index in [0.717, 1.165) is 22.9 Å². The van der Waals surface area contributed by atoms with Crippen molar-refractivity contribution in [1.29, 1.82) is 0 Å². The SMILES string of the molecule is C[C@H](NC(=O)c1cccc(S(=O)(=O)N2CCc3ccccc3C2)c1)c1ccc(S(C)(=O)=O)cc1. The zero-order valence-electron chi connectivity index (χ0n) is 18.9. The van der Waals surface area contributed by atoms with E-state index < -0.39 is 31.8 Å². The van der Waals surface area contributed by atoms with Gasteiger partial charge in [-0.1, -0.05) is 42.5 Å². The van der Waals surface area contributed by atoms with Crippen molar-refractivity contribution < 1.29 is 21.6 Å². The zero-order chi connectivity index (χ0) is 24.5. The van der Waals surface area contributed by atoms with Crippen LogP contribution >= 0.6 is 0 Å². The molecule has 1 aliphatic rings. The smallest absolute Gasteiger partial charge is 0.251 e. The van der Waals surface area contributed by atoms with Crippen LogP contribution in [-0.4, -0.2) is 39.8 Å². The molecule has 7 nitrogen and oxygen atoms in total. The zero-order valence-corrected chi connectivity index (χ0v) is 20.6. The first-order valence-electron chi connectivity index (χ1n) is 10.8. The second-order valence-electron chi connectivity index (χ2n) is 8.42. The number of hydrogen-bond donors (Lipinski definition) is 1. The summed E-state index contributed by atoms with van der Waals surface area (Å²) in [5, 5.41) is 2.85. The number of fused-ring (bicyclic) bond motifs is 1. The van der Waals surface area contributed by atoms with Crippen LogP contribution in [0.15, 0.2) is 82.6 Å². The van der Waals surface area contributed by atoms with Gasteiger partial charge in [-0.05, 0) is 60.4 Å². The van der Waals surface area contributed by atoms with Crippen LogP contribution in [0.4, 0.5) is 0 Å². The lowest BCUT2D eigenvalue weighted by atomic mass is 10.0. The van der Waals surface area contributed by atoms with E-state index in [1.807, 2.05) is 24.3 Å². The first-order valence-corrected chi connectivity index (χ1v) is 14.2. The molecule has 0 bridgehead atoms. The van der Waals surface area contributed by atoms with Gasteiger partial charge in [0.1, 0.15) is 0 Å². The normalized spacial score (nSPS) is 15.4. The van der Waals surface area contributed by atoms with Crippen LogP contribution in [-0.2, 0) is 32.8 Å². The minimum atomic E-state index is -3.76. The predicted octanol–water partition coefficient (Wildman–Crippen LogP) is 3.33. The number of carbonyl (C=O) groups excluding carboxylic acids is 1. The van der Waals surface area contributed by atoms with Gasteiger partial charge < -0.3 is 5.32 Å². The van der Waals surface area contributed by atoms with Crippen LogP contribution in [0.1, 0.15) is 40.0 Å². The number of amides is 1. The Bertz CT molecular complexity index is 1430. The first-order chi connectivity index (χ1) is 16.1. The Morgan fingerprint density at radius 3 is 2.24 bits per heavy atom. The van der Waals surface area contributed by atoms with Crippen LogP contribution in [0, 0.1) is 0 Å². The van der Waals surface area contributed by atoms with Crippen LogP contribution in [0.5, 0.6) is 0 Å². The molecule has 0 aromatic heterocycles. The van der Waals surface area contributed by atoms with Gasteiger partial charge in [-0.15, -0.1) is 0 Å². The highest BCUT2D eigenvalue weighted by Gasteiger charge is 2.28. The van der Waals surface area contributed by atoms with E-state index in [-0.39, 0.29) is 15.4 Å². The number of nitrogens with zero attached hydrogens (tertiary/aromatic N) is 1. The van der Waals surface area contributed by atoms with Crippen molar-refractivity contribution in [2.45, 2.75) is 35.7 Å². The number of rotatable bonds is 6. The Kier molecular flexibility index (Phi) is 6.62. The number of carbonyl (C=O) groups is 1. The van der Waals surface area contributed by atoms with Gasteiger partial charge in [-0.25, -0.2) is 16.8 Å². The molecule has 0 saturated heterocycles. The molecular formula is C25H26N2O5S2. The van der Waals surface area contributed by atoms with Gasteiger partial charge in [0.15, 0.2) is 9.84 Å². The third-order valence-electron chi connectivity index (χ3n) is 5.99. The lowest BCUT2D eigenvalue weighted by molar-refractivity contribution is 0.0939. The first kappa shape index (κ1) is 24.1. The Hall–Kier alpha value is -3.01. The van der Waals surface area contributed by atoms with Crippen LogP contribution in [0.25, 0.3) is 0 Å². The predicted molar refractivity (Wildman–Crippen MR) is 130 cm³/mol. The van der Waals surface area contributed by atoms with Crippen molar-refractivity contribution in [3.63, 3.8) is 0 Å². The maximum Gasteiger partial charge on any atom is 0.251 e. The molecule has 0 unspecified atom stereocenters. The monoisotopic (exact) mass is 498 g/mol. The van der Waals surface area contributed by atoms with Gasteiger partial charge >= 0.3 is 0 Å². The summed E-state index contributed by atoms with van der Waals surface area (Å²) in [6, 6.07) is 19.7. The molecule has 1 heterocycles. The number of sulfone groups is 1. The second kappa shape index (κ2) is 9.32. The van der Waals surface area contributed by atoms with Crippen LogP contribution < -0.4 is 5.32 Å². The molecule has 0 aliphatic carbocycles. The maximum atomic E-state index is 13.3. The minimum Gasteiger partial charge on any atom is -0.346 e. The molecule has 0 spiro atoms. The van der Waals surface area contributed by atoms with Crippen molar-refractivity contribution in [1.82, 2.24) is 9.62 Å². The van der Waals surface area contributed by atoms with Gasteiger partial charge in [-0.2, -0.15) is 4.31 Å². The summed E-state index contributed by atoms with van der Waals surface area (Å²) in [7, 11) is -7.07. The van der Waals surface area contributed by atoms with E-state index in [1.165, 1.54) is 28.6 Å². The molecule has 178 valence electrons. The van der Waals surface area contributed by atoms with Crippen LogP contribution in [0.2, 0.25) is 0 Å². The molecule has 1 N–H and O–H groups in total. The standard InChI is InChI=1S/C25H26N2O5S2/c1-18(19-10-12-23(13-11-19)33(2,29)30)26-25(28)21-8-5-9-24(16-21)34(31,32)27-15-14-20-6-3-4-7-22(20)17-27/h3-13,16,18H,14-15,17H2,1-2H3,(H,26,28)/t18-/m0/s1. The van der Waals surface area contributed by atoms with Crippen molar-refractivity contribution >= 4 is 25.8 Å². The highest BCUT2D eigenvalue weighted by atomic mass is 32.2. The van der Waals surface area contributed by atoms with E-state index in [2.05, 4.69) is 5.32 Å². The molecule has 34 heavy (non-hydrogen) atoms. The summed E-state index contributed by atoms with van der Waals surface area (Å²) in [6.45, 7) is 2.46. The highest BCUT2D eigenvalue weighted by Crippen LogP contribution is 2.25. The molecule has 0 fully saturated rings. The average Bonchev–Trinajstić information content (AvgIpc) is 2.83. The largest absolute Gasteiger partial charge is 0.346 e. The molecule has 1 amide bonds. The van der Waals surface area contributed by atoms with Crippen molar-refractivity contribution in [2.24, 2.45) is 0 Å². The Morgan fingerprint density at radius 1 is 0.882 bits per heavy atom. The summed E-state index contributed by atoms with van der Waals surface area (Å²) in [5.41, 5.74) is 3.11. The van der Waals surface area contributed by atoms with Gasteiger partial charge in [0.2, 0.25) is 10.0 Å². The summed E-state index contributed by atoms with van der Waals surface area (Å²) in [6.07, 6.45) is 1.78. The Labute approximate surface area is 200 Å². The third kappa shape index (κ3) is 5.06. The molecule has 0 saturated carbocycles. The average molecular weight is 499 g/mol. The van der Waals surface area contributed by atoms with Crippen LogP contribution in [0.3, 0.4) is 0 Å². The number of sulfonamides is 1. The minimum absolute atomic E-state index is 0.0738. The fourth-order valence-corrected chi connectivity index (χ4v) is 6.08. The third-order valence-corrected chi connectivity index (χ3v) is 8.96. The van der Waals surface area contributed by atoms with E-state index in [4.69, 9.17) is 0 Å². The molecule has 4 rings (SSSR count). The molecule has 3 aromatic rings. The lowest BCUT2D eigenvalue weighted by Crippen LogP contribution is -2.36. The molecule has 1 atom stereocenters. The molecule has 3 aromatic carbocycles. The topological polar surface area (TPSA) is 101 Å². The van der Waals surface area contributed by atoms with E-state index in [9.17, 15) is 21.6 Å². The molecule has 0 radical (unpaired) electrons. The quantitative estimate of drug-likeness (QED) is 0.562. The van der Waals surface area contributed by atoms with Crippen molar-refractivity contribution in [3.8, 4) is 0 Å². The fraction of sp³-hybridized carbons (Fsp3) is 0.240. The number of nitrogens with one attached hydrogen (secondary N) is 1. The summed E-state index contributed by atoms with van der Waals surface area (Å²) in [4.78, 5) is 13.1. The number of benzene rings is 3. The van der Waals surface area contributed by atoms with E-state index in [0.29, 0.717) is 19.5 Å². The van der Waals surface area contributed by atoms with Crippen molar-refractivity contribution in [2.75, 3.05) is 12.8 Å². The maximum absolute atomic E-state index is 13.3. The Balaban J connectivity index is 1.50.